The third-order valence-electron chi connectivity index (χ3n) is 4.81. The van der Waals surface area contributed by atoms with Crippen LogP contribution in [0.2, 0.25) is 0 Å². The van der Waals surface area contributed by atoms with E-state index in [2.05, 4.69) is 20.7 Å². The summed E-state index contributed by atoms with van der Waals surface area (Å²) in [6.07, 6.45) is -3.67. The maximum Gasteiger partial charge on any atom is 0.573 e. The van der Waals surface area contributed by atoms with E-state index in [0.717, 1.165) is 0 Å². The number of rotatable bonds is 6. The SMILES string of the molecule is NC(=O)c1cc(Br)ccc1OC1CCN(C(=O)Cc2ccc(OC(F)(F)F)cc2)CC1. The number of likely N-dealkylation sites (tertiary alicyclic amines) is 1. The van der Waals surface area contributed by atoms with Crippen molar-refractivity contribution in [1.29, 1.82) is 0 Å². The molecular weight excluding hydrogens is 481 g/mol. The van der Waals surface area contributed by atoms with Crippen molar-refractivity contribution in [1.82, 2.24) is 4.90 Å². The number of hydrogen-bond acceptors (Lipinski definition) is 4. The van der Waals surface area contributed by atoms with Gasteiger partial charge in [0.1, 0.15) is 17.6 Å². The molecule has 6 nitrogen and oxygen atoms in total. The van der Waals surface area contributed by atoms with Gasteiger partial charge >= 0.3 is 6.36 Å². The number of amides is 2. The normalized spacial score (nSPS) is 14.9. The minimum Gasteiger partial charge on any atom is -0.489 e. The minimum atomic E-state index is -4.75. The molecule has 0 unspecified atom stereocenters. The van der Waals surface area contributed by atoms with Gasteiger partial charge in [0.2, 0.25) is 5.91 Å². The van der Waals surface area contributed by atoms with Gasteiger partial charge in [-0.25, -0.2) is 0 Å². The number of nitrogens with two attached hydrogens (primary N) is 1. The molecule has 1 aliphatic heterocycles. The van der Waals surface area contributed by atoms with Crippen molar-refractivity contribution in [3.8, 4) is 11.5 Å². The minimum absolute atomic E-state index is 0.0797. The van der Waals surface area contributed by atoms with Gasteiger partial charge in [0.25, 0.3) is 5.91 Å². The molecule has 2 aromatic carbocycles. The van der Waals surface area contributed by atoms with Crippen LogP contribution in [0.4, 0.5) is 13.2 Å². The van der Waals surface area contributed by atoms with Crippen molar-refractivity contribution >= 4 is 27.7 Å². The van der Waals surface area contributed by atoms with Crippen molar-refractivity contribution in [2.45, 2.75) is 31.7 Å². The summed E-state index contributed by atoms with van der Waals surface area (Å²) in [5.41, 5.74) is 6.29. The second-order valence-electron chi connectivity index (χ2n) is 7.07. The number of alkyl halides is 3. The fraction of sp³-hybridized carbons (Fsp3) is 0.333. The van der Waals surface area contributed by atoms with Crippen molar-refractivity contribution in [2.24, 2.45) is 5.73 Å². The summed E-state index contributed by atoms with van der Waals surface area (Å²) in [5.74, 6) is -0.633. The molecule has 1 saturated heterocycles. The Hall–Kier alpha value is -2.75. The van der Waals surface area contributed by atoms with Gasteiger partial charge in [-0.2, -0.15) is 0 Å². The van der Waals surface area contributed by atoms with Crippen molar-refractivity contribution in [2.75, 3.05) is 13.1 Å². The van der Waals surface area contributed by atoms with Gasteiger partial charge in [-0.1, -0.05) is 28.1 Å². The van der Waals surface area contributed by atoms with E-state index in [-0.39, 0.29) is 29.7 Å². The van der Waals surface area contributed by atoms with Gasteiger partial charge in [0.05, 0.1) is 12.0 Å². The first kappa shape index (κ1) is 22.9. The van der Waals surface area contributed by atoms with Crippen LogP contribution in [0.25, 0.3) is 0 Å². The number of hydrogen-bond donors (Lipinski definition) is 1. The molecule has 166 valence electrons. The molecule has 2 amide bonds. The van der Waals surface area contributed by atoms with Crippen LogP contribution in [0.5, 0.6) is 11.5 Å². The summed E-state index contributed by atoms with van der Waals surface area (Å²) in [6, 6.07) is 10.3. The fourth-order valence-electron chi connectivity index (χ4n) is 3.30. The Balaban J connectivity index is 1.52. The van der Waals surface area contributed by atoms with Crippen molar-refractivity contribution in [3.63, 3.8) is 0 Å². The molecule has 1 heterocycles. The lowest BCUT2D eigenvalue weighted by Gasteiger charge is -2.32. The Morgan fingerprint density at radius 2 is 1.74 bits per heavy atom. The Kier molecular flexibility index (Phi) is 7.09. The first-order chi connectivity index (χ1) is 14.6. The van der Waals surface area contributed by atoms with E-state index < -0.39 is 12.3 Å². The number of piperidine rings is 1. The molecule has 0 aromatic heterocycles. The van der Waals surface area contributed by atoms with Crippen LogP contribution in [-0.2, 0) is 11.2 Å². The Bertz CT molecular complexity index is 943. The number of primary amides is 1. The average molecular weight is 501 g/mol. The third-order valence-corrected chi connectivity index (χ3v) is 5.30. The second-order valence-corrected chi connectivity index (χ2v) is 7.99. The molecule has 3 rings (SSSR count). The Morgan fingerprint density at radius 3 is 2.32 bits per heavy atom. The van der Waals surface area contributed by atoms with E-state index in [0.29, 0.717) is 41.7 Å². The van der Waals surface area contributed by atoms with Gasteiger partial charge in [0.15, 0.2) is 0 Å². The molecule has 0 saturated carbocycles. The highest BCUT2D eigenvalue weighted by molar-refractivity contribution is 9.10. The number of benzene rings is 2. The molecule has 0 aliphatic carbocycles. The molecular formula is C21H20BrF3N2O4. The van der Waals surface area contributed by atoms with Crippen LogP contribution in [0.3, 0.4) is 0 Å². The summed E-state index contributed by atoms with van der Waals surface area (Å²) >= 11 is 3.29. The smallest absolute Gasteiger partial charge is 0.489 e. The molecule has 0 radical (unpaired) electrons. The lowest BCUT2D eigenvalue weighted by molar-refractivity contribution is -0.274. The second kappa shape index (κ2) is 9.59. The molecule has 0 spiro atoms. The topological polar surface area (TPSA) is 81.9 Å². The van der Waals surface area contributed by atoms with Crippen LogP contribution in [-0.4, -0.2) is 42.3 Å². The van der Waals surface area contributed by atoms with Crippen LogP contribution in [0.15, 0.2) is 46.9 Å². The molecule has 0 bridgehead atoms. The predicted octanol–water partition coefficient (Wildman–Crippen LogP) is 4.06. The van der Waals surface area contributed by atoms with Gasteiger partial charge in [0, 0.05) is 30.4 Å². The molecule has 31 heavy (non-hydrogen) atoms. The van der Waals surface area contributed by atoms with E-state index in [1.165, 1.54) is 24.3 Å². The van der Waals surface area contributed by atoms with Crippen LogP contribution < -0.4 is 15.2 Å². The van der Waals surface area contributed by atoms with Crippen LogP contribution in [0, 0.1) is 0 Å². The third kappa shape index (κ3) is 6.61. The van der Waals surface area contributed by atoms with E-state index in [1.807, 2.05) is 0 Å². The highest BCUT2D eigenvalue weighted by Crippen LogP contribution is 2.27. The summed E-state index contributed by atoms with van der Waals surface area (Å²) in [6.45, 7) is 0.947. The fourth-order valence-corrected chi connectivity index (χ4v) is 3.66. The lowest BCUT2D eigenvalue weighted by atomic mass is 10.1. The summed E-state index contributed by atoms with van der Waals surface area (Å²) in [4.78, 5) is 25.9. The quantitative estimate of drug-likeness (QED) is 0.648. The van der Waals surface area contributed by atoms with Gasteiger partial charge in [-0.15, -0.1) is 13.2 Å². The number of carbonyl (C=O) groups is 2. The van der Waals surface area contributed by atoms with E-state index in [1.54, 1.807) is 23.1 Å². The molecule has 1 aliphatic rings. The first-order valence-electron chi connectivity index (χ1n) is 9.49. The summed E-state index contributed by atoms with van der Waals surface area (Å²) in [5, 5.41) is 0. The van der Waals surface area contributed by atoms with Crippen molar-refractivity contribution in [3.05, 3.63) is 58.1 Å². The van der Waals surface area contributed by atoms with E-state index in [4.69, 9.17) is 10.5 Å². The van der Waals surface area contributed by atoms with Gasteiger partial charge < -0.3 is 20.1 Å². The van der Waals surface area contributed by atoms with Crippen LogP contribution in [0.1, 0.15) is 28.8 Å². The monoisotopic (exact) mass is 500 g/mol. The van der Waals surface area contributed by atoms with E-state index in [9.17, 15) is 22.8 Å². The first-order valence-corrected chi connectivity index (χ1v) is 10.3. The lowest BCUT2D eigenvalue weighted by Crippen LogP contribution is -2.42. The number of carbonyl (C=O) groups excluding carboxylic acids is 2. The number of halogens is 4. The summed E-state index contributed by atoms with van der Waals surface area (Å²) in [7, 11) is 0. The maximum atomic E-state index is 12.5. The van der Waals surface area contributed by atoms with Gasteiger partial charge in [-0.05, 0) is 35.9 Å². The number of nitrogens with zero attached hydrogens (tertiary/aromatic N) is 1. The van der Waals surface area contributed by atoms with Crippen molar-refractivity contribution < 1.29 is 32.2 Å². The molecule has 0 atom stereocenters. The Labute approximate surface area is 185 Å². The zero-order chi connectivity index (χ0) is 22.6. The standard InChI is InChI=1S/C21H20BrF3N2O4/c22-14-3-6-18(17(12-14)20(26)29)30-15-7-9-27(10-8-15)19(28)11-13-1-4-16(5-2-13)31-21(23,24)25/h1-6,12,15H,7-11H2,(H2,26,29). The predicted molar refractivity (Wildman–Crippen MR) is 110 cm³/mol. The number of ether oxygens (including phenoxy) is 2. The zero-order valence-electron chi connectivity index (χ0n) is 16.3. The highest BCUT2D eigenvalue weighted by Gasteiger charge is 2.31. The highest BCUT2D eigenvalue weighted by atomic mass is 79.9. The Morgan fingerprint density at radius 1 is 1.10 bits per heavy atom. The average Bonchev–Trinajstić information content (AvgIpc) is 2.70. The maximum absolute atomic E-state index is 12.5. The largest absolute Gasteiger partial charge is 0.573 e. The molecule has 2 N–H and O–H groups in total. The van der Waals surface area contributed by atoms with Crippen LogP contribution >= 0.6 is 15.9 Å². The summed E-state index contributed by atoms with van der Waals surface area (Å²) < 4.78 is 47.2. The molecule has 2 aromatic rings. The van der Waals surface area contributed by atoms with E-state index >= 15 is 0 Å². The zero-order valence-corrected chi connectivity index (χ0v) is 17.9. The molecule has 10 heteroatoms. The van der Waals surface area contributed by atoms with Gasteiger partial charge in [-0.3, -0.25) is 9.59 Å². The molecule has 1 fully saturated rings.